The van der Waals surface area contributed by atoms with E-state index in [0.717, 1.165) is 5.56 Å². The number of hydrogen-bond acceptors (Lipinski definition) is 5. The van der Waals surface area contributed by atoms with Crippen LogP contribution in [0.3, 0.4) is 0 Å². The Morgan fingerprint density at radius 3 is 2.52 bits per heavy atom. The summed E-state index contributed by atoms with van der Waals surface area (Å²) >= 11 is 0. The largest absolute Gasteiger partial charge is 0.472 e. The molecule has 0 radical (unpaired) electrons. The van der Waals surface area contributed by atoms with E-state index in [0.29, 0.717) is 24.5 Å². The normalized spacial score (nSPS) is 27.6. The maximum Gasteiger partial charge on any atom is 0.271 e. The van der Waals surface area contributed by atoms with Crippen LogP contribution >= 0.6 is 0 Å². The predicted molar refractivity (Wildman–Crippen MR) is 82.6 cm³/mol. The summed E-state index contributed by atoms with van der Waals surface area (Å²) in [5.74, 6) is -0.191. The summed E-state index contributed by atoms with van der Waals surface area (Å²) in [6, 6.07) is 3.45. The summed E-state index contributed by atoms with van der Waals surface area (Å²) in [5, 5.41) is 26.3. The Hall–Kier alpha value is -2.12. The fourth-order valence-corrected chi connectivity index (χ4v) is 3.07. The summed E-state index contributed by atoms with van der Waals surface area (Å²) < 4.78 is 5.02. The summed E-state index contributed by atoms with van der Waals surface area (Å²) in [6.45, 7) is 4.38. The van der Waals surface area contributed by atoms with Crippen molar-refractivity contribution in [3.63, 3.8) is 0 Å². The average Bonchev–Trinajstić information content (AvgIpc) is 3.26. The van der Waals surface area contributed by atoms with E-state index in [9.17, 15) is 15.0 Å². The number of hydrogen-bond donors (Lipinski definition) is 3. The van der Waals surface area contributed by atoms with Gasteiger partial charge < -0.3 is 19.5 Å². The Morgan fingerprint density at radius 1 is 1.35 bits per heavy atom. The van der Waals surface area contributed by atoms with Gasteiger partial charge in [0.2, 0.25) is 0 Å². The van der Waals surface area contributed by atoms with E-state index in [1.807, 2.05) is 13.8 Å². The zero-order valence-corrected chi connectivity index (χ0v) is 13.2. The monoisotopic (exact) mass is 319 g/mol. The maximum atomic E-state index is 12.7. The molecule has 1 aliphatic rings. The molecular formula is C16H21N3O4. The Kier molecular flexibility index (Phi) is 3.77. The molecule has 0 saturated carbocycles. The SMILES string of the molecule is C[C@]1(CO)CN(C(=O)c2cc(-c3ccoc3)n[nH]2)C[C@@]1(C)CO. The van der Waals surface area contributed by atoms with Gasteiger partial charge in [0.15, 0.2) is 0 Å². The summed E-state index contributed by atoms with van der Waals surface area (Å²) in [7, 11) is 0. The van der Waals surface area contributed by atoms with Crippen LogP contribution in [0.5, 0.6) is 0 Å². The lowest BCUT2D eigenvalue weighted by molar-refractivity contribution is 0.00976. The molecule has 2 aromatic rings. The number of aliphatic hydroxyl groups excluding tert-OH is 2. The van der Waals surface area contributed by atoms with Crippen molar-refractivity contribution in [2.75, 3.05) is 26.3 Å². The minimum absolute atomic E-state index is 0.0862. The first kappa shape index (κ1) is 15.8. The van der Waals surface area contributed by atoms with Crippen LogP contribution in [0, 0.1) is 10.8 Å². The standard InChI is InChI=1S/C16H21N3O4/c1-15(9-20)7-19(8-16(15,2)10-21)14(22)13-5-12(17-18-13)11-3-4-23-6-11/h3-6,20-21H,7-10H2,1-2H3,(H,17,18)/t15-,16+. The minimum Gasteiger partial charge on any atom is -0.472 e. The Labute approximate surface area is 133 Å². The van der Waals surface area contributed by atoms with Crippen molar-refractivity contribution in [3.8, 4) is 11.3 Å². The van der Waals surface area contributed by atoms with Crippen LogP contribution in [0.1, 0.15) is 24.3 Å². The molecule has 0 aliphatic carbocycles. The van der Waals surface area contributed by atoms with Crippen molar-refractivity contribution >= 4 is 5.91 Å². The van der Waals surface area contributed by atoms with E-state index in [1.54, 1.807) is 29.6 Å². The van der Waals surface area contributed by atoms with Crippen LogP contribution in [0.2, 0.25) is 0 Å². The van der Waals surface area contributed by atoms with E-state index in [1.165, 1.54) is 0 Å². The topological polar surface area (TPSA) is 103 Å². The Morgan fingerprint density at radius 2 is 2.00 bits per heavy atom. The molecule has 2 aromatic heterocycles. The minimum atomic E-state index is -0.537. The lowest BCUT2D eigenvalue weighted by Crippen LogP contribution is -2.41. The zero-order chi connectivity index (χ0) is 16.7. The number of amides is 1. The van der Waals surface area contributed by atoms with Gasteiger partial charge in [-0.25, -0.2) is 0 Å². The lowest BCUT2D eigenvalue weighted by Gasteiger charge is -2.36. The van der Waals surface area contributed by atoms with Crippen molar-refractivity contribution in [1.29, 1.82) is 0 Å². The summed E-state index contributed by atoms with van der Waals surface area (Å²) in [5.41, 5.74) is 0.734. The van der Waals surface area contributed by atoms with Gasteiger partial charge in [-0.2, -0.15) is 5.10 Å². The molecule has 0 aromatic carbocycles. The highest BCUT2D eigenvalue weighted by atomic mass is 16.3. The summed E-state index contributed by atoms with van der Waals surface area (Å²) in [6.07, 6.45) is 3.11. The van der Waals surface area contributed by atoms with Gasteiger partial charge in [-0.1, -0.05) is 13.8 Å². The third-order valence-electron chi connectivity index (χ3n) is 5.15. The van der Waals surface area contributed by atoms with Crippen LogP contribution < -0.4 is 0 Å². The van der Waals surface area contributed by atoms with E-state index < -0.39 is 10.8 Å². The van der Waals surface area contributed by atoms with Crippen molar-refractivity contribution in [3.05, 3.63) is 30.4 Å². The van der Waals surface area contributed by atoms with Gasteiger partial charge in [-0.05, 0) is 12.1 Å². The van der Waals surface area contributed by atoms with Gasteiger partial charge in [-0.3, -0.25) is 9.89 Å². The quantitative estimate of drug-likeness (QED) is 0.784. The lowest BCUT2D eigenvalue weighted by atomic mass is 9.69. The number of likely N-dealkylation sites (tertiary alicyclic amines) is 1. The fourth-order valence-electron chi connectivity index (χ4n) is 3.07. The van der Waals surface area contributed by atoms with Gasteiger partial charge in [0.1, 0.15) is 5.69 Å². The van der Waals surface area contributed by atoms with Crippen LogP contribution in [0.4, 0.5) is 0 Å². The molecule has 2 atom stereocenters. The molecule has 1 fully saturated rings. The molecule has 1 saturated heterocycles. The second kappa shape index (κ2) is 5.50. The van der Waals surface area contributed by atoms with E-state index in [2.05, 4.69) is 10.2 Å². The molecule has 1 aliphatic heterocycles. The Bertz CT molecular complexity index is 678. The number of rotatable bonds is 4. The number of carbonyl (C=O) groups is 1. The van der Waals surface area contributed by atoms with Crippen molar-refractivity contribution in [2.24, 2.45) is 10.8 Å². The smallest absolute Gasteiger partial charge is 0.271 e. The van der Waals surface area contributed by atoms with Gasteiger partial charge in [0.25, 0.3) is 5.91 Å². The van der Waals surface area contributed by atoms with E-state index in [4.69, 9.17) is 4.42 Å². The number of aromatic amines is 1. The average molecular weight is 319 g/mol. The molecule has 0 spiro atoms. The highest BCUT2D eigenvalue weighted by Crippen LogP contribution is 2.45. The predicted octanol–water partition coefficient (Wildman–Crippen LogP) is 1.12. The number of H-pyrrole nitrogens is 1. The Balaban J connectivity index is 1.82. The first-order chi connectivity index (χ1) is 10.9. The van der Waals surface area contributed by atoms with Crippen LogP contribution in [0.15, 0.2) is 29.1 Å². The fraction of sp³-hybridized carbons (Fsp3) is 0.500. The van der Waals surface area contributed by atoms with Crippen molar-refractivity contribution < 1.29 is 19.4 Å². The number of furan rings is 1. The van der Waals surface area contributed by atoms with Crippen LogP contribution in [-0.4, -0.2) is 57.5 Å². The molecule has 1 amide bonds. The van der Waals surface area contributed by atoms with Gasteiger partial charge in [-0.15, -0.1) is 0 Å². The molecular weight excluding hydrogens is 298 g/mol. The molecule has 3 rings (SSSR count). The molecule has 7 heteroatoms. The molecule has 7 nitrogen and oxygen atoms in total. The molecule has 23 heavy (non-hydrogen) atoms. The van der Waals surface area contributed by atoms with Crippen LogP contribution in [-0.2, 0) is 0 Å². The van der Waals surface area contributed by atoms with Crippen LogP contribution in [0.25, 0.3) is 11.3 Å². The molecule has 3 N–H and O–H groups in total. The molecule has 3 heterocycles. The summed E-state index contributed by atoms with van der Waals surface area (Å²) in [4.78, 5) is 14.4. The third-order valence-corrected chi connectivity index (χ3v) is 5.15. The molecule has 0 bridgehead atoms. The van der Waals surface area contributed by atoms with E-state index in [-0.39, 0.29) is 19.1 Å². The second-order valence-corrected chi connectivity index (χ2v) is 6.78. The van der Waals surface area contributed by atoms with Gasteiger partial charge >= 0.3 is 0 Å². The number of nitrogens with zero attached hydrogens (tertiary/aromatic N) is 2. The molecule has 124 valence electrons. The maximum absolute atomic E-state index is 12.7. The van der Waals surface area contributed by atoms with Gasteiger partial charge in [0, 0.05) is 29.5 Å². The number of nitrogens with one attached hydrogen (secondary N) is 1. The second-order valence-electron chi connectivity index (χ2n) is 6.78. The highest BCUT2D eigenvalue weighted by Gasteiger charge is 2.52. The number of aromatic nitrogens is 2. The van der Waals surface area contributed by atoms with Crippen molar-refractivity contribution in [1.82, 2.24) is 15.1 Å². The van der Waals surface area contributed by atoms with Gasteiger partial charge in [0.05, 0.1) is 31.4 Å². The van der Waals surface area contributed by atoms with Crippen molar-refractivity contribution in [2.45, 2.75) is 13.8 Å². The molecule has 0 unspecified atom stereocenters. The zero-order valence-electron chi connectivity index (χ0n) is 13.2. The van der Waals surface area contributed by atoms with E-state index >= 15 is 0 Å². The first-order valence-corrected chi connectivity index (χ1v) is 7.51. The highest BCUT2D eigenvalue weighted by molar-refractivity contribution is 5.93. The third kappa shape index (κ3) is 2.46. The number of carbonyl (C=O) groups excluding carboxylic acids is 1. The first-order valence-electron chi connectivity index (χ1n) is 7.51. The number of aliphatic hydroxyl groups is 2.